The van der Waals surface area contributed by atoms with Gasteiger partial charge >= 0.3 is 0 Å². The van der Waals surface area contributed by atoms with E-state index in [0.29, 0.717) is 12.4 Å². The molecular formula is C38H43N3O5S. The van der Waals surface area contributed by atoms with Crippen LogP contribution >= 0.6 is 0 Å². The van der Waals surface area contributed by atoms with Crippen LogP contribution in [-0.2, 0) is 32.6 Å². The summed E-state index contributed by atoms with van der Waals surface area (Å²) in [7, 11) is -4.22. The predicted octanol–water partition coefficient (Wildman–Crippen LogP) is 6.29. The lowest BCUT2D eigenvalue weighted by molar-refractivity contribution is -0.140. The van der Waals surface area contributed by atoms with E-state index >= 15 is 0 Å². The van der Waals surface area contributed by atoms with Crippen LogP contribution < -0.4 is 14.4 Å². The first kappa shape index (κ1) is 33.7. The molecule has 4 aromatic rings. The number of amides is 2. The zero-order valence-corrected chi connectivity index (χ0v) is 27.9. The van der Waals surface area contributed by atoms with Crippen LogP contribution in [0.15, 0.2) is 114 Å². The molecule has 47 heavy (non-hydrogen) atoms. The van der Waals surface area contributed by atoms with Crippen molar-refractivity contribution in [3.63, 3.8) is 0 Å². The number of carbonyl (C=O) groups is 2. The molecule has 1 fully saturated rings. The van der Waals surface area contributed by atoms with Crippen molar-refractivity contribution in [3.8, 4) is 5.75 Å². The molecule has 1 atom stereocenters. The zero-order chi connectivity index (χ0) is 33.2. The van der Waals surface area contributed by atoms with Gasteiger partial charge in [-0.3, -0.25) is 13.9 Å². The van der Waals surface area contributed by atoms with E-state index in [1.807, 2.05) is 68.4 Å². The van der Waals surface area contributed by atoms with E-state index in [0.717, 1.165) is 46.7 Å². The maximum atomic E-state index is 14.7. The second-order valence-electron chi connectivity index (χ2n) is 11.9. The Morgan fingerprint density at radius 2 is 1.45 bits per heavy atom. The van der Waals surface area contributed by atoms with Crippen molar-refractivity contribution in [2.24, 2.45) is 0 Å². The van der Waals surface area contributed by atoms with E-state index in [1.165, 1.54) is 12.1 Å². The molecule has 0 aromatic heterocycles. The number of carbonyl (C=O) groups excluding carboxylic acids is 2. The molecule has 1 aliphatic rings. The molecule has 1 aliphatic carbocycles. The second kappa shape index (κ2) is 15.8. The number of hydrogen-bond donors (Lipinski definition) is 1. The van der Waals surface area contributed by atoms with E-state index in [2.05, 4.69) is 5.32 Å². The van der Waals surface area contributed by atoms with E-state index in [-0.39, 0.29) is 35.5 Å². The van der Waals surface area contributed by atoms with E-state index < -0.39 is 28.5 Å². The van der Waals surface area contributed by atoms with Crippen molar-refractivity contribution in [2.45, 2.75) is 69.5 Å². The number of aryl methyl sites for hydroxylation is 1. The van der Waals surface area contributed by atoms with Crippen molar-refractivity contribution in [2.75, 3.05) is 17.5 Å². The molecule has 8 nitrogen and oxygen atoms in total. The maximum Gasteiger partial charge on any atom is 0.264 e. The number of rotatable bonds is 14. The third-order valence-corrected chi connectivity index (χ3v) is 10.3. The highest BCUT2D eigenvalue weighted by Crippen LogP contribution is 2.33. The molecule has 0 saturated heterocycles. The number of benzene rings is 4. The molecule has 1 saturated carbocycles. The zero-order valence-electron chi connectivity index (χ0n) is 27.0. The molecule has 0 spiro atoms. The van der Waals surface area contributed by atoms with Gasteiger partial charge < -0.3 is 15.0 Å². The molecule has 0 aliphatic heterocycles. The minimum atomic E-state index is -4.22. The van der Waals surface area contributed by atoms with Crippen LogP contribution in [0.3, 0.4) is 0 Å². The van der Waals surface area contributed by atoms with Gasteiger partial charge in [0.05, 0.1) is 17.2 Å². The maximum absolute atomic E-state index is 14.7. The first-order valence-corrected chi connectivity index (χ1v) is 17.7. The van der Waals surface area contributed by atoms with E-state index in [9.17, 15) is 18.0 Å². The van der Waals surface area contributed by atoms with Crippen molar-refractivity contribution in [1.82, 2.24) is 10.2 Å². The first-order valence-electron chi connectivity index (χ1n) is 16.2. The Kier molecular flexibility index (Phi) is 11.3. The summed E-state index contributed by atoms with van der Waals surface area (Å²) in [6, 6.07) is 31.4. The highest BCUT2D eigenvalue weighted by Gasteiger charge is 2.36. The van der Waals surface area contributed by atoms with Gasteiger partial charge in [-0.1, -0.05) is 103 Å². The minimum Gasteiger partial charge on any atom is -0.492 e. The monoisotopic (exact) mass is 653 g/mol. The van der Waals surface area contributed by atoms with Gasteiger partial charge in [-0.05, 0) is 62.1 Å². The average Bonchev–Trinajstić information content (AvgIpc) is 3.60. The molecule has 1 N–H and O–H groups in total. The van der Waals surface area contributed by atoms with Crippen LogP contribution in [0.2, 0.25) is 0 Å². The standard InChI is InChI=1S/C38H43N3O5S/c1-3-46-36-21-13-12-20-34(36)41(47(44,45)33-18-8-5-9-19-33)28-37(42)40(27-31-24-22-29(2)23-25-31)35(26-30-14-6-4-7-15-30)38(43)39-32-16-10-11-17-32/h4-9,12-15,18-25,32,35H,3,10-11,16-17,26-28H2,1-2H3,(H,39,43)/t35-/m1/s1. The number of sulfonamides is 1. The van der Waals surface area contributed by atoms with Gasteiger partial charge in [-0.15, -0.1) is 0 Å². The quantitative estimate of drug-likeness (QED) is 0.173. The fourth-order valence-electron chi connectivity index (χ4n) is 5.99. The second-order valence-corrected chi connectivity index (χ2v) is 13.8. The number of nitrogens with zero attached hydrogens (tertiary/aromatic N) is 2. The number of para-hydroxylation sites is 2. The van der Waals surface area contributed by atoms with Crippen molar-refractivity contribution in [1.29, 1.82) is 0 Å². The Labute approximate surface area is 278 Å². The number of anilines is 1. The Morgan fingerprint density at radius 1 is 0.830 bits per heavy atom. The van der Waals surface area contributed by atoms with Gasteiger partial charge in [0.15, 0.2) is 0 Å². The molecule has 0 heterocycles. The predicted molar refractivity (Wildman–Crippen MR) is 185 cm³/mol. The third-order valence-electron chi connectivity index (χ3n) is 8.49. The van der Waals surface area contributed by atoms with Crippen LogP contribution in [0, 0.1) is 6.92 Å². The summed E-state index contributed by atoms with van der Waals surface area (Å²) < 4.78 is 35.5. The van der Waals surface area contributed by atoms with Crippen LogP contribution in [0.5, 0.6) is 5.75 Å². The van der Waals surface area contributed by atoms with Crippen molar-refractivity contribution >= 4 is 27.5 Å². The number of ether oxygens (including phenoxy) is 1. The Hall–Kier alpha value is -4.63. The van der Waals surface area contributed by atoms with Crippen molar-refractivity contribution in [3.05, 3.63) is 126 Å². The highest BCUT2D eigenvalue weighted by molar-refractivity contribution is 7.92. The van der Waals surface area contributed by atoms with Crippen molar-refractivity contribution < 1.29 is 22.7 Å². The molecular weight excluding hydrogens is 611 g/mol. The molecule has 5 rings (SSSR count). The summed E-state index contributed by atoms with van der Waals surface area (Å²) in [4.78, 5) is 30.5. The van der Waals surface area contributed by atoms with E-state index in [4.69, 9.17) is 4.74 Å². The molecule has 2 amide bonds. The third kappa shape index (κ3) is 8.60. The average molecular weight is 654 g/mol. The number of hydrogen-bond acceptors (Lipinski definition) is 5. The molecule has 4 aromatic carbocycles. The topological polar surface area (TPSA) is 96.0 Å². The minimum absolute atomic E-state index is 0.0454. The first-order chi connectivity index (χ1) is 22.8. The SMILES string of the molecule is CCOc1ccccc1N(CC(=O)N(Cc1ccc(C)cc1)[C@H](Cc1ccccc1)C(=O)NC1CCCC1)S(=O)(=O)c1ccccc1. The Balaban J connectivity index is 1.58. The van der Waals surface area contributed by atoms with Crippen LogP contribution in [-0.4, -0.2) is 50.4 Å². The lowest BCUT2D eigenvalue weighted by atomic mass is 10.0. The summed E-state index contributed by atoms with van der Waals surface area (Å²) in [6.45, 7) is 3.71. The summed E-state index contributed by atoms with van der Waals surface area (Å²) in [6.07, 6.45) is 4.16. The highest BCUT2D eigenvalue weighted by atomic mass is 32.2. The van der Waals surface area contributed by atoms with Gasteiger partial charge in [-0.25, -0.2) is 8.42 Å². The van der Waals surface area contributed by atoms with Gasteiger partial charge in [0.25, 0.3) is 10.0 Å². The number of nitrogens with one attached hydrogen (secondary N) is 1. The molecule has 0 bridgehead atoms. The largest absolute Gasteiger partial charge is 0.492 e. The van der Waals surface area contributed by atoms with Crippen LogP contribution in [0.25, 0.3) is 0 Å². The summed E-state index contributed by atoms with van der Waals surface area (Å²) in [5.41, 5.74) is 3.05. The smallest absolute Gasteiger partial charge is 0.264 e. The van der Waals surface area contributed by atoms with Gasteiger partial charge in [0.1, 0.15) is 18.3 Å². The van der Waals surface area contributed by atoms with Crippen LogP contribution in [0.4, 0.5) is 5.69 Å². The summed E-state index contributed by atoms with van der Waals surface area (Å²) in [5, 5.41) is 3.21. The lowest BCUT2D eigenvalue weighted by Gasteiger charge is -2.34. The van der Waals surface area contributed by atoms with Crippen LogP contribution in [0.1, 0.15) is 49.3 Å². The normalized spacial score (nSPS) is 13.9. The van der Waals surface area contributed by atoms with E-state index in [1.54, 1.807) is 47.4 Å². The molecule has 0 radical (unpaired) electrons. The fourth-order valence-corrected chi connectivity index (χ4v) is 7.43. The van der Waals surface area contributed by atoms with Gasteiger partial charge in [-0.2, -0.15) is 0 Å². The fraction of sp³-hybridized carbons (Fsp3) is 0.316. The molecule has 246 valence electrons. The molecule has 9 heteroatoms. The van der Waals surface area contributed by atoms with Gasteiger partial charge in [0, 0.05) is 19.0 Å². The Bertz CT molecular complexity index is 1720. The summed E-state index contributed by atoms with van der Waals surface area (Å²) in [5.74, 6) is -0.403. The molecule has 0 unspecified atom stereocenters. The summed E-state index contributed by atoms with van der Waals surface area (Å²) >= 11 is 0. The van der Waals surface area contributed by atoms with Gasteiger partial charge in [0.2, 0.25) is 11.8 Å². The lowest BCUT2D eigenvalue weighted by Crippen LogP contribution is -2.54. The Morgan fingerprint density at radius 3 is 2.11 bits per heavy atom.